The summed E-state index contributed by atoms with van der Waals surface area (Å²) in [7, 11) is 0. The first kappa shape index (κ1) is 10.5. The smallest absolute Gasteiger partial charge is 0.0949 e. The van der Waals surface area contributed by atoms with Crippen molar-refractivity contribution >= 4 is 0 Å². The Hall–Kier alpha value is -0.560. The maximum atomic E-state index is 9.45. The molecule has 0 aromatic rings. The lowest BCUT2D eigenvalue weighted by Crippen LogP contribution is -2.44. The van der Waals surface area contributed by atoms with Gasteiger partial charge in [-0.05, 0) is 6.42 Å². The number of aliphatic hydroxyl groups is 1. The molecule has 0 aliphatic carbocycles. The van der Waals surface area contributed by atoms with E-state index in [1.807, 2.05) is 0 Å². The number of hydrogen-bond donors (Lipinski definition) is 2. The molecule has 0 saturated carbocycles. The predicted octanol–water partition coefficient (Wildman–Crippen LogP) is 0.138. The number of ether oxygens (including phenoxy) is 1. The molecule has 3 atom stereocenters. The predicted molar refractivity (Wildman–Crippen MR) is 51.3 cm³/mol. The Morgan fingerprint density at radius 3 is 2.92 bits per heavy atom. The zero-order valence-corrected chi connectivity index (χ0v) is 7.99. The molecule has 3 heteroatoms. The minimum absolute atomic E-state index is 0.00704. The molecule has 3 unspecified atom stereocenters. The Balaban J connectivity index is 2.33. The summed E-state index contributed by atoms with van der Waals surface area (Å²) in [5.41, 5.74) is 0. The second-order valence-electron chi connectivity index (χ2n) is 3.39. The second-order valence-corrected chi connectivity index (χ2v) is 3.39. The van der Waals surface area contributed by atoms with E-state index in [0.717, 1.165) is 12.8 Å². The lowest BCUT2D eigenvalue weighted by atomic mass is 10.1. The zero-order chi connectivity index (χ0) is 9.68. The van der Waals surface area contributed by atoms with Crippen LogP contribution in [-0.2, 0) is 4.74 Å². The molecule has 0 amide bonds. The van der Waals surface area contributed by atoms with Gasteiger partial charge < -0.3 is 9.84 Å². The van der Waals surface area contributed by atoms with Gasteiger partial charge in [-0.1, -0.05) is 19.3 Å². The first-order valence-electron chi connectivity index (χ1n) is 4.76. The summed E-state index contributed by atoms with van der Waals surface area (Å²) in [5.74, 6) is 2.67. The van der Waals surface area contributed by atoms with E-state index in [2.05, 4.69) is 18.2 Å². The Labute approximate surface area is 79.5 Å². The normalized spacial score (nSPS) is 29.9. The van der Waals surface area contributed by atoms with Crippen LogP contribution in [-0.4, -0.2) is 36.5 Å². The van der Waals surface area contributed by atoms with Crippen molar-refractivity contribution in [2.75, 3.05) is 13.2 Å². The van der Waals surface area contributed by atoms with Gasteiger partial charge in [0.05, 0.1) is 31.4 Å². The molecule has 0 aromatic carbocycles. The van der Waals surface area contributed by atoms with E-state index < -0.39 is 6.10 Å². The fraction of sp³-hybridized carbons (Fsp3) is 0.800. The highest BCUT2D eigenvalue weighted by atomic mass is 16.5. The van der Waals surface area contributed by atoms with Gasteiger partial charge in [-0.3, -0.25) is 5.32 Å². The number of terminal acetylenes is 1. The molecular weight excluding hydrogens is 166 g/mol. The Morgan fingerprint density at radius 1 is 1.69 bits per heavy atom. The van der Waals surface area contributed by atoms with E-state index in [4.69, 9.17) is 11.2 Å². The van der Waals surface area contributed by atoms with Gasteiger partial charge in [-0.25, -0.2) is 0 Å². The quantitative estimate of drug-likeness (QED) is 0.609. The van der Waals surface area contributed by atoms with Gasteiger partial charge in [-0.2, -0.15) is 0 Å². The van der Waals surface area contributed by atoms with Crippen LogP contribution in [0.25, 0.3) is 0 Å². The summed E-state index contributed by atoms with van der Waals surface area (Å²) in [4.78, 5) is 0. The van der Waals surface area contributed by atoms with Crippen LogP contribution in [0.15, 0.2) is 0 Å². The van der Waals surface area contributed by atoms with Crippen molar-refractivity contribution in [2.24, 2.45) is 0 Å². The molecule has 0 aromatic heterocycles. The average molecular weight is 183 g/mol. The highest BCUT2D eigenvalue weighted by Gasteiger charge is 2.27. The molecule has 1 rings (SSSR count). The number of nitrogens with one attached hydrogen (secondary N) is 1. The highest BCUT2D eigenvalue weighted by molar-refractivity contribution is 5.01. The van der Waals surface area contributed by atoms with Crippen LogP contribution in [0.2, 0.25) is 0 Å². The Kier molecular flexibility index (Phi) is 4.23. The summed E-state index contributed by atoms with van der Waals surface area (Å²) >= 11 is 0. The van der Waals surface area contributed by atoms with Gasteiger partial charge in [0.1, 0.15) is 0 Å². The molecule has 1 heterocycles. The molecule has 1 aliphatic heterocycles. The summed E-state index contributed by atoms with van der Waals surface area (Å²) in [6.45, 7) is 3.07. The van der Waals surface area contributed by atoms with Crippen LogP contribution in [0, 0.1) is 12.3 Å². The molecule has 2 N–H and O–H groups in total. The molecule has 13 heavy (non-hydrogen) atoms. The lowest BCUT2D eigenvalue weighted by molar-refractivity contribution is 0.121. The third-order valence-corrected chi connectivity index (χ3v) is 2.24. The van der Waals surface area contributed by atoms with Gasteiger partial charge >= 0.3 is 0 Å². The lowest BCUT2D eigenvalue weighted by Gasteiger charge is -2.19. The van der Waals surface area contributed by atoms with Crippen LogP contribution in [0.3, 0.4) is 0 Å². The minimum Gasteiger partial charge on any atom is -0.389 e. The van der Waals surface area contributed by atoms with Crippen molar-refractivity contribution < 1.29 is 9.84 Å². The van der Waals surface area contributed by atoms with Gasteiger partial charge in [0.15, 0.2) is 0 Å². The summed E-state index contributed by atoms with van der Waals surface area (Å²) in [6.07, 6.45) is 6.93. The molecule has 1 aliphatic rings. The maximum absolute atomic E-state index is 9.45. The summed E-state index contributed by atoms with van der Waals surface area (Å²) in [6, 6.07) is 0.0685. The molecule has 0 bridgehead atoms. The third-order valence-electron chi connectivity index (χ3n) is 2.24. The van der Waals surface area contributed by atoms with E-state index in [-0.39, 0.29) is 12.1 Å². The minimum atomic E-state index is -0.410. The third kappa shape index (κ3) is 3.00. The van der Waals surface area contributed by atoms with Crippen molar-refractivity contribution in [2.45, 2.75) is 38.0 Å². The van der Waals surface area contributed by atoms with Crippen LogP contribution < -0.4 is 5.32 Å². The molecule has 74 valence electrons. The molecule has 3 nitrogen and oxygen atoms in total. The van der Waals surface area contributed by atoms with Crippen molar-refractivity contribution in [3.05, 3.63) is 0 Å². The molecule has 0 spiro atoms. The summed E-state index contributed by atoms with van der Waals surface area (Å²) in [5, 5.41) is 12.7. The largest absolute Gasteiger partial charge is 0.389 e. The Morgan fingerprint density at radius 2 is 2.46 bits per heavy atom. The SMILES string of the molecule is C#CC(CCC)NC1COCC1O. The molecule has 1 fully saturated rings. The molecule has 0 radical (unpaired) electrons. The number of hydrogen-bond acceptors (Lipinski definition) is 3. The van der Waals surface area contributed by atoms with Crippen LogP contribution in [0.1, 0.15) is 19.8 Å². The monoisotopic (exact) mass is 183 g/mol. The fourth-order valence-electron chi connectivity index (χ4n) is 1.46. The van der Waals surface area contributed by atoms with Gasteiger partial charge in [0.25, 0.3) is 0 Å². The fourth-order valence-corrected chi connectivity index (χ4v) is 1.46. The van der Waals surface area contributed by atoms with E-state index in [1.54, 1.807) is 0 Å². The number of rotatable bonds is 4. The van der Waals surface area contributed by atoms with Crippen molar-refractivity contribution in [1.82, 2.24) is 5.32 Å². The average Bonchev–Trinajstić information content (AvgIpc) is 2.51. The molecule has 1 saturated heterocycles. The van der Waals surface area contributed by atoms with E-state index in [0.29, 0.717) is 13.2 Å². The van der Waals surface area contributed by atoms with Crippen LogP contribution >= 0.6 is 0 Å². The van der Waals surface area contributed by atoms with E-state index in [1.165, 1.54) is 0 Å². The van der Waals surface area contributed by atoms with Crippen molar-refractivity contribution in [1.29, 1.82) is 0 Å². The summed E-state index contributed by atoms with van der Waals surface area (Å²) < 4.78 is 5.11. The topological polar surface area (TPSA) is 41.5 Å². The van der Waals surface area contributed by atoms with E-state index in [9.17, 15) is 5.11 Å². The zero-order valence-electron chi connectivity index (χ0n) is 7.99. The highest BCUT2D eigenvalue weighted by Crippen LogP contribution is 2.07. The standard InChI is InChI=1S/C10H17NO2/c1-3-5-8(4-2)11-9-6-13-7-10(9)12/h2,8-12H,3,5-7H2,1H3. The van der Waals surface area contributed by atoms with Crippen molar-refractivity contribution in [3.63, 3.8) is 0 Å². The van der Waals surface area contributed by atoms with Gasteiger partial charge in [-0.15, -0.1) is 6.42 Å². The van der Waals surface area contributed by atoms with Crippen LogP contribution in [0.5, 0.6) is 0 Å². The molecular formula is C10H17NO2. The van der Waals surface area contributed by atoms with Crippen LogP contribution in [0.4, 0.5) is 0 Å². The Bertz CT molecular complexity index is 188. The van der Waals surface area contributed by atoms with Crippen molar-refractivity contribution in [3.8, 4) is 12.3 Å². The first-order chi connectivity index (χ1) is 6.27. The second kappa shape index (κ2) is 5.23. The van der Waals surface area contributed by atoms with Gasteiger partial charge in [0, 0.05) is 0 Å². The van der Waals surface area contributed by atoms with Gasteiger partial charge in [0.2, 0.25) is 0 Å². The number of aliphatic hydroxyl groups excluding tert-OH is 1. The van der Waals surface area contributed by atoms with E-state index >= 15 is 0 Å². The maximum Gasteiger partial charge on any atom is 0.0949 e. The first-order valence-corrected chi connectivity index (χ1v) is 4.76.